The Balaban J connectivity index is 2.06. The lowest BCUT2D eigenvalue weighted by molar-refractivity contribution is -0.0919. The van der Waals surface area contributed by atoms with Gasteiger partial charge in [0.05, 0.1) is 0 Å². The molecule has 66 valence electrons. The minimum Gasteiger partial charge on any atom is -0.425 e. The van der Waals surface area contributed by atoms with Crippen molar-refractivity contribution in [2.24, 2.45) is 0 Å². The molecule has 0 aromatic carbocycles. The molecule has 1 heterocycles. The van der Waals surface area contributed by atoms with Crippen LogP contribution in [0.25, 0.3) is 0 Å². The second kappa shape index (κ2) is 2.24. The van der Waals surface area contributed by atoms with Crippen LogP contribution in [0, 0.1) is 6.92 Å². The van der Waals surface area contributed by atoms with E-state index in [9.17, 15) is 8.78 Å². The minimum atomic E-state index is -2.52. The highest BCUT2D eigenvalue weighted by atomic mass is 19.3. The summed E-state index contributed by atoms with van der Waals surface area (Å²) < 4.78 is 29.8. The van der Waals surface area contributed by atoms with Gasteiger partial charge in [0.2, 0.25) is 17.7 Å². The van der Waals surface area contributed by atoms with Gasteiger partial charge in [0, 0.05) is 25.7 Å². The number of halogens is 2. The molecule has 12 heavy (non-hydrogen) atoms. The molecule has 0 unspecified atom stereocenters. The zero-order chi connectivity index (χ0) is 8.77. The number of nitrogens with zero attached hydrogens (tertiary/aromatic N) is 2. The fourth-order valence-electron chi connectivity index (χ4n) is 1.31. The van der Waals surface area contributed by atoms with E-state index in [2.05, 4.69) is 10.2 Å². The number of hydrogen-bond donors (Lipinski definition) is 0. The molecule has 1 aliphatic rings. The average Bonchev–Trinajstić information content (AvgIpc) is 2.30. The van der Waals surface area contributed by atoms with E-state index in [1.165, 1.54) is 0 Å². The summed E-state index contributed by atoms with van der Waals surface area (Å²) in [5, 5.41) is 7.26. The third-order valence-electron chi connectivity index (χ3n) is 1.98. The Morgan fingerprint density at radius 3 is 2.50 bits per heavy atom. The van der Waals surface area contributed by atoms with E-state index in [1.807, 2.05) is 0 Å². The fraction of sp³-hybridized carbons (Fsp3) is 0.714. The molecule has 0 radical (unpaired) electrons. The number of aryl methyl sites for hydroxylation is 1. The van der Waals surface area contributed by atoms with Crippen molar-refractivity contribution >= 4 is 0 Å². The van der Waals surface area contributed by atoms with E-state index in [0.717, 1.165) is 0 Å². The highest BCUT2D eigenvalue weighted by Crippen LogP contribution is 2.47. The lowest BCUT2D eigenvalue weighted by Crippen LogP contribution is -2.33. The van der Waals surface area contributed by atoms with Crippen LogP contribution < -0.4 is 0 Å². The molecular weight excluding hydrogens is 166 g/mol. The maximum Gasteiger partial charge on any atom is 0.249 e. The van der Waals surface area contributed by atoms with Gasteiger partial charge in [0.25, 0.3) is 0 Å². The van der Waals surface area contributed by atoms with Crippen molar-refractivity contribution in [3.05, 3.63) is 11.8 Å². The molecule has 1 aromatic rings. The van der Waals surface area contributed by atoms with Crippen molar-refractivity contribution < 1.29 is 13.2 Å². The minimum absolute atomic E-state index is 0.158. The van der Waals surface area contributed by atoms with Gasteiger partial charge < -0.3 is 4.42 Å². The van der Waals surface area contributed by atoms with Gasteiger partial charge in [-0.2, -0.15) is 0 Å². The molecule has 0 bridgehead atoms. The summed E-state index contributed by atoms with van der Waals surface area (Å²) in [6.07, 6.45) is -0.316. The molecule has 1 aliphatic carbocycles. The Bertz CT molecular complexity index is 289. The Morgan fingerprint density at radius 2 is 2.08 bits per heavy atom. The summed E-state index contributed by atoms with van der Waals surface area (Å²) in [6, 6.07) is 0. The molecule has 1 saturated carbocycles. The van der Waals surface area contributed by atoms with E-state index in [1.54, 1.807) is 6.92 Å². The highest BCUT2D eigenvalue weighted by molar-refractivity contribution is 5.03. The Labute approximate surface area is 67.8 Å². The SMILES string of the molecule is Cc1nnc(C2CC(F)(F)C2)o1. The largest absolute Gasteiger partial charge is 0.425 e. The first kappa shape index (κ1) is 7.64. The first-order valence-corrected chi connectivity index (χ1v) is 3.75. The van der Waals surface area contributed by atoms with Gasteiger partial charge in [-0.05, 0) is 0 Å². The van der Waals surface area contributed by atoms with Crippen LogP contribution in [0.15, 0.2) is 4.42 Å². The molecule has 0 aliphatic heterocycles. The fourth-order valence-corrected chi connectivity index (χ4v) is 1.31. The molecule has 0 N–H and O–H groups in total. The van der Waals surface area contributed by atoms with E-state index in [-0.39, 0.29) is 18.8 Å². The standard InChI is InChI=1S/C7H8F2N2O/c1-4-10-11-6(12-4)5-2-7(8,9)3-5/h5H,2-3H2,1H3. The quantitative estimate of drug-likeness (QED) is 0.652. The Morgan fingerprint density at radius 1 is 1.42 bits per heavy atom. The van der Waals surface area contributed by atoms with E-state index < -0.39 is 5.92 Å². The maximum absolute atomic E-state index is 12.4. The van der Waals surface area contributed by atoms with Crippen LogP contribution in [0.5, 0.6) is 0 Å². The Kier molecular flexibility index (Phi) is 1.43. The number of aromatic nitrogens is 2. The van der Waals surface area contributed by atoms with Crippen LogP contribution in [0.2, 0.25) is 0 Å². The smallest absolute Gasteiger partial charge is 0.249 e. The van der Waals surface area contributed by atoms with E-state index in [0.29, 0.717) is 11.8 Å². The normalized spacial score (nSPS) is 22.2. The number of hydrogen-bond acceptors (Lipinski definition) is 3. The summed E-state index contributed by atoms with van der Waals surface area (Å²) in [6.45, 7) is 1.65. The second-order valence-electron chi connectivity index (χ2n) is 3.12. The summed E-state index contributed by atoms with van der Waals surface area (Å²) in [4.78, 5) is 0. The lowest BCUT2D eigenvalue weighted by atomic mass is 9.81. The highest BCUT2D eigenvalue weighted by Gasteiger charge is 2.48. The van der Waals surface area contributed by atoms with E-state index in [4.69, 9.17) is 4.42 Å². The molecule has 0 atom stereocenters. The summed E-state index contributed by atoms with van der Waals surface area (Å²) >= 11 is 0. The summed E-state index contributed by atoms with van der Waals surface area (Å²) in [7, 11) is 0. The average molecular weight is 174 g/mol. The topological polar surface area (TPSA) is 38.9 Å². The summed E-state index contributed by atoms with van der Waals surface area (Å²) in [5.74, 6) is -1.98. The number of rotatable bonds is 1. The van der Waals surface area contributed by atoms with Crippen molar-refractivity contribution in [3.63, 3.8) is 0 Å². The molecule has 0 saturated heterocycles. The van der Waals surface area contributed by atoms with Crippen LogP contribution in [-0.4, -0.2) is 16.1 Å². The van der Waals surface area contributed by atoms with Gasteiger partial charge >= 0.3 is 0 Å². The molecule has 3 nitrogen and oxygen atoms in total. The van der Waals surface area contributed by atoms with Crippen LogP contribution in [0.3, 0.4) is 0 Å². The second-order valence-corrected chi connectivity index (χ2v) is 3.12. The molecule has 1 aromatic heterocycles. The lowest BCUT2D eigenvalue weighted by Gasteiger charge is -2.32. The van der Waals surface area contributed by atoms with Crippen molar-refractivity contribution in [2.45, 2.75) is 31.6 Å². The predicted octanol–water partition coefficient (Wildman–Crippen LogP) is 1.89. The molecule has 1 fully saturated rings. The summed E-state index contributed by atoms with van der Waals surface area (Å²) in [5.41, 5.74) is 0. The third-order valence-corrected chi connectivity index (χ3v) is 1.98. The van der Waals surface area contributed by atoms with Crippen LogP contribution in [0.1, 0.15) is 30.5 Å². The maximum atomic E-state index is 12.4. The zero-order valence-corrected chi connectivity index (χ0v) is 6.55. The third kappa shape index (κ3) is 1.19. The molecule has 2 rings (SSSR count). The van der Waals surface area contributed by atoms with Gasteiger partial charge in [-0.15, -0.1) is 10.2 Å². The van der Waals surface area contributed by atoms with Crippen LogP contribution in [-0.2, 0) is 0 Å². The monoisotopic (exact) mass is 174 g/mol. The van der Waals surface area contributed by atoms with Crippen molar-refractivity contribution in [2.75, 3.05) is 0 Å². The Hall–Kier alpha value is -1.00. The number of alkyl halides is 2. The first-order valence-electron chi connectivity index (χ1n) is 3.75. The molecule has 0 amide bonds. The van der Waals surface area contributed by atoms with Gasteiger partial charge in [0.1, 0.15) is 0 Å². The molecular formula is C7H8F2N2O. The predicted molar refractivity (Wildman–Crippen MR) is 36.0 cm³/mol. The van der Waals surface area contributed by atoms with E-state index >= 15 is 0 Å². The van der Waals surface area contributed by atoms with Crippen molar-refractivity contribution in [1.29, 1.82) is 0 Å². The van der Waals surface area contributed by atoms with Gasteiger partial charge in [-0.25, -0.2) is 8.78 Å². The molecule has 5 heteroatoms. The first-order chi connectivity index (χ1) is 5.57. The van der Waals surface area contributed by atoms with Gasteiger partial charge in [-0.1, -0.05) is 0 Å². The van der Waals surface area contributed by atoms with Crippen molar-refractivity contribution in [3.8, 4) is 0 Å². The zero-order valence-electron chi connectivity index (χ0n) is 6.55. The van der Waals surface area contributed by atoms with Gasteiger partial charge in [-0.3, -0.25) is 0 Å². The molecule has 0 spiro atoms. The van der Waals surface area contributed by atoms with Gasteiger partial charge in [0.15, 0.2) is 0 Å². The van der Waals surface area contributed by atoms with Crippen LogP contribution >= 0.6 is 0 Å². The van der Waals surface area contributed by atoms with Crippen molar-refractivity contribution in [1.82, 2.24) is 10.2 Å². The van der Waals surface area contributed by atoms with Crippen LogP contribution in [0.4, 0.5) is 8.78 Å².